The molecule has 3 aliphatic rings. The molecule has 2 bridgehead atoms. The number of likely N-dealkylation sites (tertiary alicyclic amines) is 1. The van der Waals surface area contributed by atoms with Crippen LogP contribution in [0, 0.1) is 11.8 Å². The monoisotopic (exact) mass is 717 g/mol. The van der Waals surface area contributed by atoms with E-state index in [-0.39, 0.29) is 54.0 Å². The third-order valence-electron chi connectivity index (χ3n) is 9.52. The number of hydrogen-bond acceptors (Lipinski definition) is 6. The molecular formula is C37H40BrN3O5S. The fourth-order valence-corrected chi connectivity index (χ4v) is 11.2. The number of ether oxygens (including phenoxy) is 1. The van der Waals surface area contributed by atoms with E-state index in [1.165, 1.54) is 0 Å². The molecule has 47 heavy (non-hydrogen) atoms. The van der Waals surface area contributed by atoms with E-state index in [1.807, 2.05) is 73.7 Å². The zero-order valence-corrected chi connectivity index (χ0v) is 28.9. The number of thioether (sulfide) groups is 1. The number of fused-ring (bicyclic) bond motifs is 2. The standard InChI is InChI=1S/C37H40BrN3O5S/c1-4-18-39(26-14-16-28(17-15-26)46-6-3)34(43)30-31-35(44)41(20-9-21-42)33(37(31)23-29(38)32(30)47-37)36(45)40(19-5-2)27-13-12-24-10-7-8-11-25(24)22-27/h4-5,7-8,10-17,22,29-33,42H,1-2,6,9,18-21,23H2,3H3/t29?,30-,31+,32-,33?,37?/m1/s1. The highest BCUT2D eigenvalue weighted by Gasteiger charge is 2.76. The van der Waals surface area contributed by atoms with Gasteiger partial charge in [0.25, 0.3) is 5.91 Å². The fourth-order valence-electron chi connectivity index (χ4n) is 7.64. The number of amides is 3. The molecule has 3 aromatic rings. The second-order valence-corrected chi connectivity index (χ2v) is 14.9. The van der Waals surface area contributed by atoms with Gasteiger partial charge in [0.2, 0.25) is 11.8 Å². The Bertz CT molecular complexity index is 1680. The minimum atomic E-state index is -0.822. The normalized spacial score (nSPS) is 25.9. The van der Waals surface area contributed by atoms with Crippen molar-refractivity contribution in [2.45, 2.75) is 40.6 Å². The summed E-state index contributed by atoms with van der Waals surface area (Å²) in [5, 5.41) is 11.7. The Balaban J connectivity index is 1.40. The molecule has 246 valence electrons. The van der Waals surface area contributed by atoms with Gasteiger partial charge in [0.05, 0.1) is 23.2 Å². The van der Waals surface area contributed by atoms with Crippen LogP contribution in [-0.4, -0.2) is 81.4 Å². The van der Waals surface area contributed by atoms with E-state index in [0.717, 1.165) is 16.5 Å². The van der Waals surface area contributed by atoms with Crippen molar-refractivity contribution < 1.29 is 24.2 Å². The van der Waals surface area contributed by atoms with Crippen LogP contribution in [0.3, 0.4) is 0 Å². The quantitative estimate of drug-likeness (QED) is 0.177. The Morgan fingerprint density at radius 2 is 1.68 bits per heavy atom. The van der Waals surface area contributed by atoms with Gasteiger partial charge in [-0.2, -0.15) is 0 Å². The first-order chi connectivity index (χ1) is 22.8. The predicted octanol–water partition coefficient (Wildman–Crippen LogP) is 5.82. The smallest absolute Gasteiger partial charge is 0.251 e. The Hall–Kier alpha value is -3.60. The summed E-state index contributed by atoms with van der Waals surface area (Å²) in [6.07, 6.45) is 4.27. The van der Waals surface area contributed by atoms with Crippen LogP contribution in [0.5, 0.6) is 5.75 Å². The summed E-state index contributed by atoms with van der Waals surface area (Å²) in [4.78, 5) is 49.1. The van der Waals surface area contributed by atoms with Gasteiger partial charge in [0.1, 0.15) is 11.8 Å². The summed E-state index contributed by atoms with van der Waals surface area (Å²) in [7, 11) is 0. The van der Waals surface area contributed by atoms with Crippen molar-refractivity contribution in [2.75, 3.05) is 42.6 Å². The number of aliphatic hydroxyl groups excluding tert-OH is 1. The second kappa shape index (κ2) is 13.9. The first-order valence-electron chi connectivity index (χ1n) is 16.1. The maximum absolute atomic E-state index is 14.9. The van der Waals surface area contributed by atoms with Crippen LogP contribution in [0.4, 0.5) is 11.4 Å². The summed E-state index contributed by atoms with van der Waals surface area (Å²) in [5.74, 6) is -1.21. The van der Waals surface area contributed by atoms with E-state index in [2.05, 4.69) is 29.1 Å². The minimum Gasteiger partial charge on any atom is -0.494 e. The van der Waals surface area contributed by atoms with Crippen LogP contribution in [0.2, 0.25) is 0 Å². The topological polar surface area (TPSA) is 90.4 Å². The van der Waals surface area contributed by atoms with Crippen LogP contribution in [0.25, 0.3) is 10.8 Å². The van der Waals surface area contributed by atoms with Crippen LogP contribution >= 0.6 is 27.7 Å². The lowest BCUT2D eigenvalue weighted by Gasteiger charge is -2.38. The number of alkyl halides is 1. The van der Waals surface area contributed by atoms with Crippen molar-refractivity contribution in [3.8, 4) is 5.75 Å². The maximum atomic E-state index is 14.9. The van der Waals surface area contributed by atoms with Gasteiger partial charge in [-0.15, -0.1) is 24.9 Å². The first kappa shape index (κ1) is 33.3. The molecule has 3 fully saturated rings. The van der Waals surface area contributed by atoms with Crippen LogP contribution in [0.1, 0.15) is 19.8 Å². The summed E-state index contributed by atoms with van der Waals surface area (Å²) in [6.45, 7) is 10.9. The number of carbonyl (C=O) groups excluding carboxylic acids is 3. The van der Waals surface area contributed by atoms with Crippen LogP contribution in [0.15, 0.2) is 92.0 Å². The molecule has 3 aromatic carbocycles. The summed E-state index contributed by atoms with van der Waals surface area (Å²) in [6, 6.07) is 20.4. The largest absolute Gasteiger partial charge is 0.494 e. The second-order valence-electron chi connectivity index (χ2n) is 12.2. The molecule has 0 saturated carbocycles. The highest BCUT2D eigenvalue weighted by Crippen LogP contribution is 2.68. The molecule has 0 aliphatic carbocycles. The number of halogens is 1. The lowest BCUT2D eigenvalue weighted by molar-refractivity contribution is -0.139. The third-order valence-corrected chi connectivity index (χ3v) is 12.7. The summed E-state index contributed by atoms with van der Waals surface area (Å²) < 4.78 is 4.79. The number of aliphatic hydroxyl groups is 1. The van der Waals surface area contributed by atoms with Gasteiger partial charge in [-0.05, 0) is 66.9 Å². The van der Waals surface area contributed by atoms with Crippen LogP contribution in [-0.2, 0) is 14.4 Å². The van der Waals surface area contributed by atoms with Gasteiger partial charge in [-0.25, -0.2) is 0 Å². The van der Waals surface area contributed by atoms with Crippen molar-refractivity contribution in [3.05, 3.63) is 92.0 Å². The number of carbonyl (C=O) groups is 3. The lowest BCUT2D eigenvalue weighted by Crippen LogP contribution is -2.56. The average molecular weight is 719 g/mol. The third kappa shape index (κ3) is 5.78. The molecular weight excluding hydrogens is 678 g/mol. The number of anilines is 2. The van der Waals surface area contributed by atoms with Gasteiger partial charge >= 0.3 is 0 Å². The van der Waals surface area contributed by atoms with Crippen molar-refractivity contribution in [2.24, 2.45) is 11.8 Å². The SMILES string of the molecule is C=CCN(C(=O)C1N(CCCO)C(=O)[C@@H]2[C@@H](C(=O)N(CC=C)c3ccc(OCC)cc3)[C@@H]3SC12CC3Br)c1ccc2ccccc2c1. The van der Waals surface area contributed by atoms with E-state index in [0.29, 0.717) is 30.9 Å². The molecule has 1 N–H and O–H groups in total. The molecule has 1 spiro atoms. The molecule has 3 amide bonds. The van der Waals surface area contributed by atoms with Gasteiger partial charge < -0.3 is 24.5 Å². The zero-order chi connectivity index (χ0) is 33.3. The first-order valence-corrected chi connectivity index (χ1v) is 17.9. The van der Waals surface area contributed by atoms with Gasteiger partial charge in [0, 0.05) is 47.7 Å². The molecule has 6 rings (SSSR count). The average Bonchev–Trinajstić information content (AvgIpc) is 3.68. The molecule has 0 radical (unpaired) electrons. The Kier molecular flexibility index (Phi) is 9.82. The lowest BCUT2D eigenvalue weighted by atomic mass is 9.70. The molecule has 3 unspecified atom stereocenters. The molecule has 3 aliphatic heterocycles. The Morgan fingerprint density at radius 3 is 2.34 bits per heavy atom. The molecule has 8 nitrogen and oxygen atoms in total. The highest BCUT2D eigenvalue weighted by atomic mass is 79.9. The van der Waals surface area contributed by atoms with Crippen molar-refractivity contribution in [1.82, 2.24) is 4.90 Å². The fraction of sp³-hybridized carbons (Fsp3) is 0.378. The Labute approximate surface area is 288 Å². The van der Waals surface area contributed by atoms with Gasteiger partial charge in [-0.1, -0.05) is 58.4 Å². The molecule has 10 heteroatoms. The van der Waals surface area contributed by atoms with E-state index < -0.39 is 22.6 Å². The van der Waals surface area contributed by atoms with Crippen LogP contribution < -0.4 is 14.5 Å². The van der Waals surface area contributed by atoms with E-state index in [4.69, 9.17) is 4.74 Å². The van der Waals surface area contributed by atoms with Crippen molar-refractivity contribution in [3.63, 3.8) is 0 Å². The highest BCUT2D eigenvalue weighted by molar-refractivity contribution is 9.09. The van der Waals surface area contributed by atoms with E-state index in [1.54, 1.807) is 38.6 Å². The summed E-state index contributed by atoms with van der Waals surface area (Å²) >= 11 is 5.48. The minimum absolute atomic E-state index is 0.0713. The zero-order valence-electron chi connectivity index (χ0n) is 26.5. The van der Waals surface area contributed by atoms with E-state index >= 15 is 0 Å². The number of rotatable bonds is 13. The predicted molar refractivity (Wildman–Crippen MR) is 192 cm³/mol. The van der Waals surface area contributed by atoms with Gasteiger partial charge in [-0.3, -0.25) is 14.4 Å². The molecule has 0 aromatic heterocycles. The van der Waals surface area contributed by atoms with Gasteiger partial charge in [0.15, 0.2) is 0 Å². The number of hydrogen-bond donors (Lipinski definition) is 1. The molecule has 3 heterocycles. The number of nitrogens with zero attached hydrogens (tertiary/aromatic N) is 3. The Morgan fingerprint density at radius 1 is 1.02 bits per heavy atom. The van der Waals surface area contributed by atoms with Crippen molar-refractivity contribution >= 4 is 67.6 Å². The van der Waals surface area contributed by atoms with Crippen molar-refractivity contribution in [1.29, 1.82) is 0 Å². The number of benzene rings is 3. The van der Waals surface area contributed by atoms with E-state index in [9.17, 15) is 19.5 Å². The maximum Gasteiger partial charge on any atom is 0.251 e. The molecule has 6 atom stereocenters. The molecule has 3 saturated heterocycles. The summed E-state index contributed by atoms with van der Waals surface area (Å²) in [5.41, 5.74) is 1.41.